The van der Waals surface area contributed by atoms with E-state index < -0.39 is 10.0 Å². The van der Waals surface area contributed by atoms with Gasteiger partial charge in [-0.3, -0.25) is 4.79 Å². The van der Waals surface area contributed by atoms with Gasteiger partial charge in [0.2, 0.25) is 10.0 Å². The molecule has 0 radical (unpaired) electrons. The molecule has 0 amide bonds. The molecule has 1 aliphatic rings. The first kappa shape index (κ1) is 14.2. The summed E-state index contributed by atoms with van der Waals surface area (Å²) in [6.07, 6.45) is 1.81. The molecule has 5 nitrogen and oxygen atoms in total. The molecular formula is C13H18N2O3S. The second-order valence-corrected chi connectivity index (χ2v) is 6.46. The molecule has 1 fully saturated rings. The number of benzene rings is 1. The fourth-order valence-electron chi connectivity index (χ4n) is 2.11. The summed E-state index contributed by atoms with van der Waals surface area (Å²) >= 11 is 0. The molecule has 1 heterocycles. The van der Waals surface area contributed by atoms with E-state index in [1.54, 1.807) is 0 Å². The molecule has 104 valence electrons. The maximum absolute atomic E-state index is 12.2. The highest BCUT2D eigenvalue weighted by Crippen LogP contribution is 2.13. The number of hydrogen-bond donors (Lipinski definition) is 2. The summed E-state index contributed by atoms with van der Waals surface area (Å²) in [5, 5.41) is 3.16. The third-order valence-electron chi connectivity index (χ3n) is 3.19. The summed E-state index contributed by atoms with van der Waals surface area (Å²) in [5.41, 5.74) is 0.512. The van der Waals surface area contributed by atoms with Crippen LogP contribution in [0.1, 0.15) is 30.1 Å². The average molecular weight is 282 g/mol. The Balaban J connectivity index is 2.12. The zero-order chi connectivity index (χ0) is 13.9. The largest absolute Gasteiger partial charge is 0.315 e. The third-order valence-corrected chi connectivity index (χ3v) is 4.73. The first-order valence-corrected chi connectivity index (χ1v) is 7.81. The van der Waals surface area contributed by atoms with Crippen LogP contribution in [-0.4, -0.2) is 33.3 Å². The third kappa shape index (κ3) is 3.62. The van der Waals surface area contributed by atoms with Gasteiger partial charge in [-0.15, -0.1) is 0 Å². The van der Waals surface area contributed by atoms with Gasteiger partial charge >= 0.3 is 0 Å². The summed E-state index contributed by atoms with van der Waals surface area (Å²) < 4.78 is 27.0. The molecule has 1 aromatic carbocycles. The highest BCUT2D eigenvalue weighted by atomic mass is 32.2. The quantitative estimate of drug-likeness (QED) is 0.805. The lowest BCUT2D eigenvalue weighted by Gasteiger charge is -2.23. The highest BCUT2D eigenvalue weighted by Gasteiger charge is 2.21. The lowest BCUT2D eigenvalue weighted by Crippen LogP contribution is -2.45. The molecule has 1 atom stereocenters. The van der Waals surface area contributed by atoms with Gasteiger partial charge in [0.1, 0.15) is 0 Å². The molecular weight excluding hydrogens is 264 g/mol. The lowest BCUT2D eigenvalue weighted by atomic mass is 10.1. The SMILES string of the molecule is CC(=O)c1ccc(S(=O)(=O)N[C@H]2CCCNC2)cc1. The Bertz CT molecular complexity index is 546. The van der Waals surface area contributed by atoms with Gasteiger partial charge in [0, 0.05) is 18.2 Å². The Morgan fingerprint density at radius 1 is 1.32 bits per heavy atom. The normalized spacial score (nSPS) is 20.2. The van der Waals surface area contributed by atoms with Gasteiger partial charge in [0.05, 0.1) is 4.90 Å². The van der Waals surface area contributed by atoms with Crippen LogP contribution in [0.5, 0.6) is 0 Å². The Hall–Kier alpha value is -1.24. The van der Waals surface area contributed by atoms with E-state index in [1.165, 1.54) is 31.2 Å². The van der Waals surface area contributed by atoms with Crippen molar-refractivity contribution in [2.24, 2.45) is 0 Å². The molecule has 0 unspecified atom stereocenters. The fraction of sp³-hybridized carbons (Fsp3) is 0.462. The minimum atomic E-state index is -3.50. The van der Waals surface area contributed by atoms with Crippen molar-refractivity contribution in [2.45, 2.75) is 30.7 Å². The highest BCUT2D eigenvalue weighted by molar-refractivity contribution is 7.89. The van der Waals surface area contributed by atoms with Crippen molar-refractivity contribution in [3.63, 3.8) is 0 Å². The van der Waals surface area contributed by atoms with Crippen LogP contribution < -0.4 is 10.0 Å². The van der Waals surface area contributed by atoms with E-state index in [0.717, 1.165) is 19.4 Å². The second kappa shape index (κ2) is 5.81. The Morgan fingerprint density at radius 2 is 2.00 bits per heavy atom. The van der Waals surface area contributed by atoms with E-state index in [-0.39, 0.29) is 16.7 Å². The van der Waals surface area contributed by atoms with Crippen LogP contribution in [-0.2, 0) is 10.0 Å². The van der Waals surface area contributed by atoms with Crippen LogP contribution in [0.2, 0.25) is 0 Å². The van der Waals surface area contributed by atoms with E-state index >= 15 is 0 Å². The summed E-state index contributed by atoms with van der Waals surface area (Å²) in [5.74, 6) is -0.0756. The summed E-state index contributed by atoms with van der Waals surface area (Å²) in [6.45, 7) is 3.05. The number of hydrogen-bond acceptors (Lipinski definition) is 4. The van der Waals surface area contributed by atoms with Gasteiger partial charge in [-0.1, -0.05) is 12.1 Å². The van der Waals surface area contributed by atoms with E-state index in [9.17, 15) is 13.2 Å². The number of carbonyl (C=O) groups is 1. The first-order valence-electron chi connectivity index (χ1n) is 6.33. The van der Waals surface area contributed by atoms with Gasteiger partial charge in [-0.05, 0) is 38.4 Å². The Kier molecular flexibility index (Phi) is 4.34. The minimum absolute atomic E-state index is 0.0637. The van der Waals surface area contributed by atoms with Gasteiger partial charge in [-0.2, -0.15) is 0 Å². The smallest absolute Gasteiger partial charge is 0.240 e. The summed E-state index contributed by atoms with van der Waals surface area (Å²) in [6, 6.07) is 5.95. The van der Waals surface area contributed by atoms with E-state index in [4.69, 9.17) is 0 Å². The van der Waals surface area contributed by atoms with Crippen LogP contribution >= 0.6 is 0 Å². The van der Waals surface area contributed by atoms with Crippen molar-refractivity contribution < 1.29 is 13.2 Å². The fourth-order valence-corrected chi connectivity index (χ4v) is 3.38. The van der Waals surface area contributed by atoms with Crippen LogP contribution in [0.3, 0.4) is 0 Å². The van der Waals surface area contributed by atoms with Crippen molar-refractivity contribution in [2.75, 3.05) is 13.1 Å². The predicted molar refractivity (Wildman–Crippen MR) is 72.7 cm³/mol. The maximum Gasteiger partial charge on any atom is 0.240 e. The van der Waals surface area contributed by atoms with Crippen molar-refractivity contribution in [1.29, 1.82) is 0 Å². The number of nitrogens with one attached hydrogen (secondary N) is 2. The molecule has 6 heteroatoms. The van der Waals surface area contributed by atoms with Gasteiger partial charge < -0.3 is 5.32 Å². The molecule has 2 rings (SSSR count). The molecule has 0 aromatic heterocycles. The minimum Gasteiger partial charge on any atom is -0.315 e. The van der Waals surface area contributed by atoms with Crippen LogP contribution in [0.15, 0.2) is 29.2 Å². The lowest BCUT2D eigenvalue weighted by molar-refractivity contribution is 0.101. The zero-order valence-corrected chi connectivity index (χ0v) is 11.7. The van der Waals surface area contributed by atoms with E-state index in [0.29, 0.717) is 12.1 Å². The monoisotopic (exact) mass is 282 g/mol. The van der Waals surface area contributed by atoms with Crippen molar-refractivity contribution in [3.8, 4) is 0 Å². The molecule has 0 spiro atoms. The topological polar surface area (TPSA) is 75.3 Å². The number of ketones is 1. The molecule has 1 aromatic rings. The van der Waals surface area contributed by atoms with Crippen molar-refractivity contribution in [1.82, 2.24) is 10.0 Å². The molecule has 0 aliphatic carbocycles. The van der Waals surface area contributed by atoms with Gasteiger partial charge in [0.25, 0.3) is 0 Å². The number of piperidine rings is 1. The molecule has 0 bridgehead atoms. The van der Waals surface area contributed by atoms with Crippen molar-refractivity contribution in [3.05, 3.63) is 29.8 Å². The molecule has 2 N–H and O–H groups in total. The second-order valence-electron chi connectivity index (χ2n) is 4.75. The van der Waals surface area contributed by atoms with Crippen molar-refractivity contribution >= 4 is 15.8 Å². The van der Waals surface area contributed by atoms with Gasteiger partial charge in [0.15, 0.2) is 5.78 Å². The number of sulfonamides is 1. The van der Waals surface area contributed by atoms with Gasteiger partial charge in [-0.25, -0.2) is 13.1 Å². The Labute approximate surface area is 113 Å². The molecule has 19 heavy (non-hydrogen) atoms. The number of carbonyl (C=O) groups excluding carboxylic acids is 1. The maximum atomic E-state index is 12.2. The number of rotatable bonds is 4. The molecule has 1 saturated heterocycles. The Morgan fingerprint density at radius 3 is 2.53 bits per heavy atom. The van der Waals surface area contributed by atoms with Crippen LogP contribution in [0.25, 0.3) is 0 Å². The molecule has 1 aliphatic heterocycles. The van der Waals surface area contributed by atoms with E-state index in [2.05, 4.69) is 10.0 Å². The standard InChI is InChI=1S/C13H18N2O3S/c1-10(16)11-4-6-13(7-5-11)19(17,18)15-12-3-2-8-14-9-12/h4-7,12,14-15H,2-3,8-9H2,1H3/t12-/m0/s1. The average Bonchev–Trinajstić information content (AvgIpc) is 2.39. The molecule has 0 saturated carbocycles. The van der Waals surface area contributed by atoms with Crippen LogP contribution in [0.4, 0.5) is 0 Å². The summed E-state index contributed by atoms with van der Waals surface area (Å²) in [4.78, 5) is 11.3. The number of Topliss-reactive ketones (excluding diaryl/α,β-unsaturated/α-hetero) is 1. The first-order chi connectivity index (χ1) is 8.99. The van der Waals surface area contributed by atoms with Crippen LogP contribution in [0, 0.1) is 0 Å². The zero-order valence-electron chi connectivity index (χ0n) is 10.8. The predicted octanol–water partition coefficient (Wildman–Crippen LogP) is 0.919. The van der Waals surface area contributed by atoms with E-state index in [1.807, 2.05) is 0 Å². The summed E-state index contributed by atoms with van der Waals surface area (Å²) in [7, 11) is -3.50.